The highest BCUT2D eigenvalue weighted by Gasteiger charge is 2.17. The average Bonchev–Trinajstić information content (AvgIpc) is 2.39. The molecule has 2 rings (SSSR count). The van der Waals surface area contributed by atoms with Crippen LogP contribution in [0.1, 0.15) is 5.56 Å². The summed E-state index contributed by atoms with van der Waals surface area (Å²) in [5, 5.41) is 22.4. The van der Waals surface area contributed by atoms with Gasteiger partial charge in [-0.15, -0.1) is 0 Å². The molecule has 94 valence electrons. The van der Waals surface area contributed by atoms with Crippen LogP contribution in [-0.4, -0.2) is 14.9 Å². The van der Waals surface area contributed by atoms with E-state index < -0.39 is 4.92 Å². The maximum Gasteiger partial charge on any atom is 0.329 e. The first-order valence-corrected chi connectivity index (χ1v) is 5.42. The fourth-order valence-corrected chi connectivity index (χ4v) is 1.53. The zero-order valence-electron chi connectivity index (χ0n) is 9.37. The second-order valence-electron chi connectivity index (χ2n) is 3.41. The van der Waals surface area contributed by atoms with E-state index in [1.54, 1.807) is 24.3 Å². The Balaban J connectivity index is 2.46. The van der Waals surface area contributed by atoms with Crippen LogP contribution in [0.25, 0.3) is 0 Å². The van der Waals surface area contributed by atoms with Gasteiger partial charge in [0.15, 0.2) is 0 Å². The molecule has 19 heavy (non-hydrogen) atoms. The van der Waals surface area contributed by atoms with Gasteiger partial charge in [-0.2, -0.15) is 10.2 Å². The van der Waals surface area contributed by atoms with E-state index in [0.29, 0.717) is 11.3 Å². The van der Waals surface area contributed by atoms with Crippen LogP contribution >= 0.6 is 11.6 Å². The fourth-order valence-electron chi connectivity index (χ4n) is 1.40. The van der Waals surface area contributed by atoms with Gasteiger partial charge in [0.05, 0.1) is 16.2 Å². The summed E-state index contributed by atoms with van der Waals surface area (Å²) < 4.78 is 0. The van der Waals surface area contributed by atoms with E-state index in [-0.39, 0.29) is 16.8 Å². The molecule has 0 saturated carbocycles. The molecule has 0 radical (unpaired) electrons. The molecule has 0 spiro atoms. The van der Waals surface area contributed by atoms with Crippen molar-refractivity contribution in [2.24, 2.45) is 0 Å². The summed E-state index contributed by atoms with van der Waals surface area (Å²) in [6.45, 7) is 0. The molecule has 0 unspecified atom stereocenters. The van der Waals surface area contributed by atoms with Crippen molar-refractivity contribution < 1.29 is 4.92 Å². The molecule has 0 amide bonds. The molecular formula is C11H6ClN5O2. The lowest BCUT2D eigenvalue weighted by molar-refractivity contribution is -0.384. The van der Waals surface area contributed by atoms with E-state index in [2.05, 4.69) is 15.3 Å². The van der Waals surface area contributed by atoms with Crippen LogP contribution in [0, 0.1) is 21.4 Å². The fraction of sp³-hybridized carbons (Fsp3) is 0. The van der Waals surface area contributed by atoms with Crippen molar-refractivity contribution in [1.82, 2.24) is 9.97 Å². The predicted molar refractivity (Wildman–Crippen MR) is 68.1 cm³/mol. The third-order valence-corrected chi connectivity index (χ3v) is 2.42. The molecule has 0 aliphatic heterocycles. The number of nitriles is 1. The number of aromatic nitrogens is 2. The lowest BCUT2D eigenvalue weighted by atomic mass is 10.2. The normalized spacial score (nSPS) is 9.68. The Morgan fingerprint density at radius 1 is 1.42 bits per heavy atom. The molecule has 0 atom stereocenters. The third kappa shape index (κ3) is 2.75. The molecule has 0 bridgehead atoms. The van der Waals surface area contributed by atoms with Crippen LogP contribution in [0.3, 0.4) is 0 Å². The predicted octanol–water partition coefficient (Wildman–Crippen LogP) is 2.65. The molecule has 1 N–H and O–H groups in total. The van der Waals surface area contributed by atoms with Crippen molar-refractivity contribution in [3.63, 3.8) is 0 Å². The van der Waals surface area contributed by atoms with Crippen LogP contribution < -0.4 is 5.32 Å². The zero-order chi connectivity index (χ0) is 13.8. The molecular weight excluding hydrogens is 270 g/mol. The highest BCUT2D eigenvalue weighted by molar-refractivity contribution is 6.28. The Bertz CT molecular complexity index is 683. The summed E-state index contributed by atoms with van der Waals surface area (Å²) in [7, 11) is 0. The third-order valence-electron chi connectivity index (χ3n) is 2.24. The monoisotopic (exact) mass is 275 g/mol. The van der Waals surface area contributed by atoms with E-state index in [0.717, 1.165) is 6.20 Å². The minimum absolute atomic E-state index is 0.0623. The van der Waals surface area contributed by atoms with Gasteiger partial charge in [0, 0.05) is 0 Å². The molecule has 0 fully saturated rings. The summed E-state index contributed by atoms with van der Waals surface area (Å²) in [6, 6.07) is 8.54. The number of halogens is 1. The van der Waals surface area contributed by atoms with Gasteiger partial charge in [-0.3, -0.25) is 10.1 Å². The number of nitrogens with zero attached hydrogens (tertiary/aromatic N) is 4. The van der Waals surface area contributed by atoms with Crippen LogP contribution in [0.4, 0.5) is 17.2 Å². The summed E-state index contributed by atoms with van der Waals surface area (Å²) in [5.74, 6) is -0.0623. The topological polar surface area (TPSA) is 105 Å². The van der Waals surface area contributed by atoms with Gasteiger partial charge in [-0.05, 0) is 23.7 Å². The Morgan fingerprint density at radius 2 is 2.16 bits per heavy atom. The Morgan fingerprint density at radius 3 is 2.84 bits per heavy atom. The largest absolute Gasteiger partial charge is 0.333 e. The summed E-state index contributed by atoms with van der Waals surface area (Å²) in [6.07, 6.45) is 1.01. The SMILES string of the molecule is N#Cc1ccccc1Nc1nc(Cl)ncc1[N+](=O)[O-]. The first kappa shape index (κ1) is 12.7. The van der Waals surface area contributed by atoms with Gasteiger partial charge in [0.2, 0.25) is 11.1 Å². The van der Waals surface area contributed by atoms with E-state index in [9.17, 15) is 10.1 Å². The molecule has 0 saturated heterocycles. The van der Waals surface area contributed by atoms with Gasteiger partial charge in [0.1, 0.15) is 12.3 Å². The molecule has 1 aromatic heterocycles. The van der Waals surface area contributed by atoms with E-state index in [4.69, 9.17) is 16.9 Å². The number of benzene rings is 1. The van der Waals surface area contributed by atoms with Crippen molar-refractivity contribution >= 4 is 28.8 Å². The first-order chi connectivity index (χ1) is 9.11. The number of nitrogens with one attached hydrogen (secondary N) is 1. The first-order valence-electron chi connectivity index (χ1n) is 5.05. The van der Waals surface area contributed by atoms with Crippen molar-refractivity contribution in [1.29, 1.82) is 5.26 Å². The molecule has 2 aromatic rings. The number of nitro groups is 1. The van der Waals surface area contributed by atoms with E-state index in [1.807, 2.05) is 6.07 Å². The highest BCUT2D eigenvalue weighted by atomic mass is 35.5. The van der Waals surface area contributed by atoms with Crippen LogP contribution in [0.5, 0.6) is 0 Å². The zero-order valence-corrected chi connectivity index (χ0v) is 10.1. The van der Waals surface area contributed by atoms with E-state index >= 15 is 0 Å². The molecule has 1 heterocycles. The summed E-state index contributed by atoms with van der Waals surface area (Å²) >= 11 is 5.61. The van der Waals surface area contributed by atoms with Crippen LogP contribution in [0.15, 0.2) is 30.5 Å². The Kier molecular flexibility index (Phi) is 3.54. The summed E-state index contributed by atoms with van der Waals surface area (Å²) in [4.78, 5) is 17.5. The van der Waals surface area contributed by atoms with Gasteiger partial charge in [0.25, 0.3) is 0 Å². The van der Waals surface area contributed by atoms with E-state index in [1.165, 1.54) is 0 Å². The Labute approximate surface area is 112 Å². The van der Waals surface area contributed by atoms with Crippen molar-refractivity contribution in [2.45, 2.75) is 0 Å². The molecule has 0 aliphatic carbocycles. The summed E-state index contributed by atoms with van der Waals surface area (Å²) in [5.41, 5.74) is 0.423. The maximum atomic E-state index is 10.9. The second-order valence-corrected chi connectivity index (χ2v) is 3.75. The molecule has 7 nitrogen and oxygen atoms in total. The average molecular weight is 276 g/mol. The number of hydrogen-bond donors (Lipinski definition) is 1. The van der Waals surface area contributed by atoms with Gasteiger partial charge in [-0.1, -0.05) is 12.1 Å². The quantitative estimate of drug-likeness (QED) is 0.524. The molecule has 8 heteroatoms. The number of anilines is 2. The van der Waals surface area contributed by atoms with Crippen molar-refractivity contribution in [3.05, 3.63) is 51.4 Å². The van der Waals surface area contributed by atoms with Crippen molar-refractivity contribution in [3.8, 4) is 6.07 Å². The Hall–Kier alpha value is -2.72. The molecule has 0 aliphatic rings. The minimum Gasteiger partial charge on any atom is -0.333 e. The lowest BCUT2D eigenvalue weighted by Crippen LogP contribution is -2.02. The number of para-hydroxylation sites is 1. The maximum absolute atomic E-state index is 10.9. The smallest absolute Gasteiger partial charge is 0.329 e. The van der Waals surface area contributed by atoms with Crippen LogP contribution in [-0.2, 0) is 0 Å². The number of hydrogen-bond acceptors (Lipinski definition) is 6. The van der Waals surface area contributed by atoms with Crippen LogP contribution in [0.2, 0.25) is 5.28 Å². The van der Waals surface area contributed by atoms with Gasteiger partial charge >= 0.3 is 5.69 Å². The lowest BCUT2D eigenvalue weighted by Gasteiger charge is -2.07. The minimum atomic E-state index is -0.631. The molecule has 1 aromatic carbocycles. The van der Waals surface area contributed by atoms with Crippen molar-refractivity contribution in [2.75, 3.05) is 5.32 Å². The number of rotatable bonds is 3. The van der Waals surface area contributed by atoms with Gasteiger partial charge in [-0.25, -0.2) is 4.98 Å². The standard InChI is InChI=1S/C11H6ClN5O2/c12-11-14-6-9(17(18)19)10(16-11)15-8-4-2-1-3-7(8)5-13/h1-4,6H,(H,14,15,16). The highest BCUT2D eigenvalue weighted by Crippen LogP contribution is 2.27. The van der Waals surface area contributed by atoms with Gasteiger partial charge < -0.3 is 5.32 Å². The second kappa shape index (κ2) is 5.29.